The molecule has 0 heterocycles. The summed E-state index contributed by atoms with van der Waals surface area (Å²) in [6.45, 7) is 6.13. The van der Waals surface area contributed by atoms with E-state index >= 15 is 0 Å². The molecule has 1 aromatic carbocycles. The van der Waals surface area contributed by atoms with Crippen LogP contribution in [0.15, 0.2) is 24.3 Å². The third-order valence-corrected chi connectivity index (χ3v) is 2.62. The summed E-state index contributed by atoms with van der Waals surface area (Å²) in [7, 11) is 1.66. The van der Waals surface area contributed by atoms with Crippen LogP contribution >= 0.6 is 0 Å². The molecule has 1 atom stereocenters. The Kier molecular flexibility index (Phi) is 6.48. The Labute approximate surface area is 104 Å². The zero-order chi connectivity index (χ0) is 12.5. The molecular weight excluding hydrogens is 214 g/mol. The van der Waals surface area contributed by atoms with Crippen molar-refractivity contribution >= 4 is 0 Å². The number of para-hydroxylation sites is 2. The third kappa shape index (κ3) is 5.09. The molecule has 17 heavy (non-hydrogen) atoms. The van der Waals surface area contributed by atoms with Crippen LogP contribution in [-0.4, -0.2) is 26.3 Å². The molecule has 0 aliphatic carbocycles. The number of hydrogen-bond donors (Lipinski definition) is 1. The molecule has 0 saturated carbocycles. The zero-order valence-electron chi connectivity index (χ0n) is 11.0. The number of nitrogens with one attached hydrogen (secondary N) is 1. The maximum Gasteiger partial charge on any atom is 0.161 e. The maximum absolute atomic E-state index is 5.71. The second-order valence-corrected chi connectivity index (χ2v) is 4.14. The minimum atomic E-state index is 0.490. The summed E-state index contributed by atoms with van der Waals surface area (Å²) in [5.74, 6) is 1.61. The van der Waals surface area contributed by atoms with Gasteiger partial charge in [-0.25, -0.2) is 0 Å². The Morgan fingerprint density at radius 1 is 1.24 bits per heavy atom. The van der Waals surface area contributed by atoms with Crippen LogP contribution in [0.5, 0.6) is 11.5 Å². The SMILES string of the molecule is CCCNC(C)CCOc1ccccc1OC. The monoisotopic (exact) mass is 237 g/mol. The molecule has 0 spiro atoms. The van der Waals surface area contributed by atoms with Gasteiger partial charge < -0.3 is 14.8 Å². The first kappa shape index (κ1) is 13.8. The van der Waals surface area contributed by atoms with E-state index in [2.05, 4.69) is 19.2 Å². The first-order chi connectivity index (χ1) is 8.27. The van der Waals surface area contributed by atoms with Crippen molar-refractivity contribution in [2.24, 2.45) is 0 Å². The minimum absolute atomic E-state index is 0.490. The van der Waals surface area contributed by atoms with Crippen molar-refractivity contribution < 1.29 is 9.47 Å². The van der Waals surface area contributed by atoms with Crippen molar-refractivity contribution in [2.45, 2.75) is 32.7 Å². The van der Waals surface area contributed by atoms with E-state index in [0.717, 1.165) is 30.9 Å². The summed E-state index contributed by atoms with van der Waals surface area (Å²) in [6.07, 6.45) is 2.16. The average Bonchev–Trinajstić information content (AvgIpc) is 2.37. The smallest absolute Gasteiger partial charge is 0.161 e. The van der Waals surface area contributed by atoms with Crippen LogP contribution in [0.2, 0.25) is 0 Å². The molecule has 0 fully saturated rings. The largest absolute Gasteiger partial charge is 0.493 e. The van der Waals surface area contributed by atoms with Gasteiger partial charge in [0.2, 0.25) is 0 Å². The number of methoxy groups -OCH3 is 1. The Morgan fingerprint density at radius 3 is 2.59 bits per heavy atom. The Bertz CT molecular complexity index is 315. The summed E-state index contributed by atoms with van der Waals surface area (Å²) >= 11 is 0. The topological polar surface area (TPSA) is 30.5 Å². The second kappa shape index (κ2) is 7.96. The van der Waals surface area contributed by atoms with Gasteiger partial charge in [0.25, 0.3) is 0 Å². The molecule has 1 N–H and O–H groups in total. The highest BCUT2D eigenvalue weighted by Crippen LogP contribution is 2.25. The van der Waals surface area contributed by atoms with Gasteiger partial charge in [-0.2, -0.15) is 0 Å². The first-order valence-electron chi connectivity index (χ1n) is 6.27. The Morgan fingerprint density at radius 2 is 1.94 bits per heavy atom. The molecule has 1 unspecified atom stereocenters. The van der Waals surface area contributed by atoms with Crippen LogP contribution < -0.4 is 14.8 Å². The van der Waals surface area contributed by atoms with Crippen LogP contribution in [0.4, 0.5) is 0 Å². The average molecular weight is 237 g/mol. The van der Waals surface area contributed by atoms with Crippen LogP contribution in [0, 0.1) is 0 Å². The van der Waals surface area contributed by atoms with E-state index < -0.39 is 0 Å². The predicted octanol–water partition coefficient (Wildman–Crippen LogP) is 2.85. The van der Waals surface area contributed by atoms with E-state index in [4.69, 9.17) is 9.47 Å². The number of hydrogen-bond acceptors (Lipinski definition) is 3. The Hall–Kier alpha value is -1.22. The molecule has 0 saturated heterocycles. The fourth-order valence-corrected chi connectivity index (χ4v) is 1.58. The molecule has 0 aromatic heterocycles. The van der Waals surface area contributed by atoms with E-state index in [1.54, 1.807) is 7.11 Å². The van der Waals surface area contributed by atoms with Crippen molar-refractivity contribution in [1.82, 2.24) is 5.32 Å². The lowest BCUT2D eigenvalue weighted by atomic mass is 10.2. The van der Waals surface area contributed by atoms with E-state index in [-0.39, 0.29) is 0 Å². The number of ether oxygens (including phenoxy) is 2. The van der Waals surface area contributed by atoms with E-state index in [1.165, 1.54) is 0 Å². The molecule has 96 valence electrons. The third-order valence-electron chi connectivity index (χ3n) is 2.62. The number of rotatable bonds is 8. The summed E-state index contributed by atoms with van der Waals surface area (Å²) < 4.78 is 10.9. The van der Waals surface area contributed by atoms with Gasteiger partial charge in [0.05, 0.1) is 13.7 Å². The summed E-state index contributed by atoms with van der Waals surface area (Å²) in [4.78, 5) is 0. The fraction of sp³-hybridized carbons (Fsp3) is 0.571. The molecule has 0 aliphatic rings. The van der Waals surface area contributed by atoms with Gasteiger partial charge in [-0.15, -0.1) is 0 Å². The summed E-state index contributed by atoms with van der Waals surface area (Å²) in [5, 5.41) is 3.44. The van der Waals surface area contributed by atoms with Crippen molar-refractivity contribution in [3.8, 4) is 11.5 Å². The molecule has 0 radical (unpaired) electrons. The van der Waals surface area contributed by atoms with E-state index in [0.29, 0.717) is 12.6 Å². The first-order valence-corrected chi connectivity index (χ1v) is 6.27. The molecule has 3 heteroatoms. The molecular formula is C14H23NO2. The molecule has 0 bridgehead atoms. The lowest BCUT2D eigenvalue weighted by molar-refractivity contribution is 0.274. The fourth-order valence-electron chi connectivity index (χ4n) is 1.58. The zero-order valence-corrected chi connectivity index (χ0v) is 11.0. The van der Waals surface area contributed by atoms with Crippen LogP contribution in [0.1, 0.15) is 26.7 Å². The van der Waals surface area contributed by atoms with E-state index in [9.17, 15) is 0 Å². The van der Waals surface area contributed by atoms with Gasteiger partial charge in [-0.05, 0) is 38.4 Å². The second-order valence-electron chi connectivity index (χ2n) is 4.14. The lowest BCUT2D eigenvalue weighted by Gasteiger charge is -2.14. The van der Waals surface area contributed by atoms with Crippen LogP contribution in [-0.2, 0) is 0 Å². The van der Waals surface area contributed by atoms with Crippen molar-refractivity contribution in [3.05, 3.63) is 24.3 Å². The molecule has 0 amide bonds. The van der Waals surface area contributed by atoms with Gasteiger partial charge in [-0.1, -0.05) is 19.1 Å². The standard InChI is InChI=1S/C14H23NO2/c1-4-10-15-12(2)9-11-17-14-8-6-5-7-13(14)16-3/h5-8,12,15H,4,9-11H2,1-3H3. The maximum atomic E-state index is 5.71. The predicted molar refractivity (Wildman–Crippen MR) is 70.9 cm³/mol. The van der Waals surface area contributed by atoms with Crippen molar-refractivity contribution in [2.75, 3.05) is 20.3 Å². The van der Waals surface area contributed by atoms with Gasteiger partial charge in [0.1, 0.15) is 0 Å². The van der Waals surface area contributed by atoms with Crippen molar-refractivity contribution in [3.63, 3.8) is 0 Å². The highest BCUT2D eigenvalue weighted by Gasteiger charge is 2.04. The Balaban J connectivity index is 2.30. The summed E-state index contributed by atoms with van der Waals surface area (Å²) in [5.41, 5.74) is 0. The van der Waals surface area contributed by atoms with Gasteiger partial charge in [0.15, 0.2) is 11.5 Å². The van der Waals surface area contributed by atoms with Crippen molar-refractivity contribution in [1.29, 1.82) is 0 Å². The molecule has 1 rings (SSSR count). The normalized spacial score (nSPS) is 12.2. The summed E-state index contributed by atoms with van der Waals surface area (Å²) in [6, 6.07) is 8.23. The number of benzene rings is 1. The quantitative estimate of drug-likeness (QED) is 0.754. The molecule has 1 aromatic rings. The highest BCUT2D eigenvalue weighted by atomic mass is 16.5. The van der Waals surface area contributed by atoms with Crippen LogP contribution in [0.3, 0.4) is 0 Å². The van der Waals surface area contributed by atoms with Crippen LogP contribution in [0.25, 0.3) is 0 Å². The molecule has 0 aliphatic heterocycles. The lowest BCUT2D eigenvalue weighted by Crippen LogP contribution is -2.28. The van der Waals surface area contributed by atoms with Gasteiger partial charge in [-0.3, -0.25) is 0 Å². The van der Waals surface area contributed by atoms with Gasteiger partial charge >= 0.3 is 0 Å². The minimum Gasteiger partial charge on any atom is -0.493 e. The molecule has 3 nitrogen and oxygen atoms in total. The highest BCUT2D eigenvalue weighted by molar-refractivity contribution is 5.39. The van der Waals surface area contributed by atoms with Gasteiger partial charge in [0, 0.05) is 6.04 Å². The van der Waals surface area contributed by atoms with E-state index in [1.807, 2.05) is 24.3 Å².